The zero-order valence-corrected chi connectivity index (χ0v) is 22.4. The van der Waals surface area contributed by atoms with Crippen molar-refractivity contribution in [3.05, 3.63) is 125 Å². The summed E-state index contributed by atoms with van der Waals surface area (Å²) < 4.78 is 32.2. The maximum Gasteiger partial charge on any atom is 0.282 e. The van der Waals surface area contributed by atoms with Crippen LogP contribution < -0.4 is 4.90 Å². The predicted molar refractivity (Wildman–Crippen MR) is 151 cm³/mol. The number of fused-ring (bicyclic) bond motifs is 2. The molecule has 9 heteroatoms. The van der Waals surface area contributed by atoms with E-state index in [9.17, 15) is 8.42 Å². The molecule has 3 aromatic carbocycles. The van der Waals surface area contributed by atoms with Crippen LogP contribution in [0.15, 0.2) is 85.3 Å². The standard InChI is InChI=1S/C30H30N6O2S/c1-31-27-11-12-30-26(16-27)19-36(39(37,38)35-14-13-24-9-5-6-10-25(24)18-35)29(15-23-7-3-2-4-8-23)21-34(30)20-28-17-32-22-33-28/h2-12,16-17,22,29H,13-15,18-21H2,(H,32,33)/t29-/m1/s1. The monoisotopic (exact) mass is 538 g/mol. The molecule has 0 fully saturated rings. The number of imidazole rings is 1. The maximum atomic E-state index is 14.4. The van der Waals surface area contributed by atoms with Gasteiger partial charge in [0, 0.05) is 44.1 Å². The van der Waals surface area contributed by atoms with Crippen molar-refractivity contribution in [2.75, 3.05) is 18.0 Å². The Morgan fingerprint density at radius 3 is 2.54 bits per heavy atom. The molecule has 0 amide bonds. The van der Waals surface area contributed by atoms with Gasteiger partial charge in [0.05, 0.1) is 25.1 Å². The molecule has 1 N–H and O–H groups in total. The van der Waals surface area contributed by atoms with E-state index in [2.05, 4.69) is 37.9 Å². The Balaban J connectivity index is 1.42. The molecule has 0 bridgehead atoms. The van der Waals surface area contributed by atoms with Crippen molar-refractivity contribution in [1.82, 2.24) is 18.6 Å². The van der Waals surface area contributed by atoms with Crippen LogP contribution in [0.4, 0.5) is 11.4 Å². The van der Waals surface area contributed by atoms with Gasteiger partial charge in [-0.1, -0.05) is 60.7 Å². The Kier molecular flexibility index (Phi) is 6.92. The average Bonchev–Trinajstić information content (AvgIpc) is 3.43. The van der Waals surface area contributed by atoms with Crippen LogP contribution in [-0.2, 0) is 42.7 Å². The fraction of sp³-hybridized carbons (Fsp3) is 0.267. The lowest BCUT2D eigenvalue weighted by Crippen LogP contribution is -2.52. The van der Waals surface area contributed by atoms with E-state index in [1.165, 1.54) is 5.56 Å². The first-order chi connectivity index (χ1) is 19.0. The van der Waals surface area contributed by atoms with Crippen molar-refractivity contribution in [1.29, 1.82) is 0 Å². The van der Waals surface area contributed by atoms with Gasteiger partial charge in [0.2, 0.25) is 0 Å². The number of nitrogens with zero attached hydrogens (tertiary/aromatic N) is 5. The van der Waals surface area contributed by atoms with E-state index in [1.54, 1.807) is 21.1 Å². The van der Waals surface area contributed by atoms with Crippen molar-refractivity contribution in [2.45, 2.75) is 38.5 Å². The number of hydrogen-bond acceptors (Lipinski definition) is 4. The second-order valence-corrected chi connectivity index (χ2v) is 12.0. The van der Waals surface area contributed by atoms with Crippen LogP contribution in [0.3, 0.4) is 0 Å². The van der Waals surface area contributed by atoms with Crippen LogP contribution in [0.1, 0.15) is 27.9 Å². The molecule has 0 unspecified atom stereocenters. The summed E-state index contributed by atoms with van der Waals surface area (Å²) in [6.07, 6.45) is 4.72. The SMILES string of the molecule is [C-]#[N+]c1ccc2c(c1)CN(S(=O)(=O)N1CCc3ccccc3C1)[C@H](Cc1ccccc1)CN2Cc1cnc[nH]1. The van der Waals surface area contributed by atoms with Gasteiger partial charge in [-0.3, -0.25) is 0 Å². The van der Waals surface area contributed by atoms with Crippen molar-refractivity contribution < 1.29 is 8.42 Å². The van der Waals surface area contributed by atoms with Gasteiger partial charge in [0.1, 0.15) is 0 Å². The molecule has 0 spiro atoms. The highest BCUT2D eigenvalue weighted by Gasteiger charge is 2.40. The maximum absolute atomic E-state index is 14.4. The fourth-order valence-electron chi connectivity index (χ4n) is 5.68. The van der Waals surface area contributed by atoms with Crippen LogP contribution in [0, 0.1) is 6.57 Å². The molecule has 1 aromatic heterocycles. The first-order valence-corrected chi connectivity index (χ1v) is 14.5. The second-order valence-electron chi connectivity index (χ2n) is 10.1. The van der Waals surface area contributed by atoms with E-state index in [-0.39, 0.29) is 12.6 Å². The van der Waals surface area contributed by atoms with E-state index >= 15 is 0 Å². The fourth-order valence-corrected chi connectivity index (χ4v) is 7.42. The van der Waals surface area contributed by atoms with Gasteiger partial charge in [-0.05, 0) is 47.2 Å². The summed E-state index contributed by atoms with van der Waals surface area (Å²) in [5.41, 5.74) is 6.56. The van der Waals surface area contributed by atoms with Gasteiger partial charge in [-0.15, -0.1) is 0 Å². The second kappa shape index (κ2) is 10.7. The normalized spacial score (nSPS) is 18.1. The lowest BCUT2D eigenvalue weighted by molar-refractivity contribution is 0.273. The number of rotatable bonds is 6. The molecule has 0 saturated heterocycles. The summed E-state index contributed by atoms with van der Waals surface area (Å²) in [6.45, 7) is 9.64. The highest BCUT2D eigenvalue weighted by atomic mass is 32.2. The molecule has 198 valence electrons. The first kappa shape index (κ1) is 25.3. The Hall–Kier alpha value is -3.97. The molecule has 4 aromatic rings. The molecule has 8 nitrogen and oxygen atoms in total. The number of H-pyrrole nitrogens is 1. The van der Waals surface area contributed by atoms with Gasteiger partial charge in [-0.2, -0.15) is 17.0 Å². The average molecular weight is 539 g/mol. The lowest BCUT2D eigenvalue weighted by atomic mass is 10.0. The molecule has 39 heavy (non-hydrogen) atoms. The zero-order valence-electron chi connectivity index (χ0n) is 21.6. The van der Waals surface area contributed by atoms with E-state index in [4.69, 9.17) is 6.57 Å². The smallest absolute Gasteiger partial charge is 0.282 e. The Bertz CT molecular complexity index is 1600. The predicted octanol–water partition coefficient (Wildman–Crippen LogP) is 4.70. The van der Waals surface area contributed by atoms with Gasteiger partial charge in [0.25, 0.3) is 10.2 Å². The number of hydrogen-bond donors (Lipinski definition) is 1. The molecular weight excluding hydrogens is 508 g/mol. The van der Waals surface area contributed by atoms with E-state index in [1.807, 2.05) is 54.6 Å². The Morgan fingerprint density at radius 2 is 1.77 bits per heavy atom. The van der Waals surface area contributed by atoms with Crippen LogP contribution in [0.2, 0.25) is 0 Å². The van der Waals surface area contributed by atoms with Crippen LogP contribution >= 0.6 is 0 Å². The van der Waals surface area contributed by atoms with Crippen LogP contribution in [0.5, 0.6) is 0 Å². The molecule has 2 aliphatic rings. The number of anilines is 1. The zero-order chi connectivity index (χ0) is 26.8. The Labute approximate surface area is 229 Å². The molecule has 0 aliphatic carbocycles. The number of aromatic nitrogens is 2. The molecule has 6 rings (SSSR count). The minimum absolute atomic E-state index is 0.205. The number of benzene rings is 3. The minimum atomic E-state index is -3.83. The Morgan fingerprint density at radius 1 is 0.974 bits per heavy atom. The largest absolute Gasteiger partial charge is 0.364 e. The van der Waals surface area contributed by atoms with E-state index in [0.717, 1.165) is 28.1 Å². The van der Waals surface area contributed by atoms with E-state index < -0.39 is 10.2 Å². The lowest BCUT2D eigenvalue weighted by Gasteiger charge is -2.37. The van der Waals surface area contributed by atoms with Crippen molar-refractivity contribution in [2.24, 2.45) is 0 Å². The quantitative estimate of drug-likeness (QED) is 0.361. The summed E-state index contributed by atoms with van der Waals surface area (Å²) in [7, 11) is -3.83. The van der Waals surface area contributed by atoms with Gasteiger partial charge >= 0.3 is 0 Å². The molecule has 1 atom stereocenters. The third kappa shape index (κ3) is 5.19. The highest BCUT2D eigenvalue weighted by Crippen LogP contribution is 2.35. The highest BCUT2D eigenvalue weighted by molar-refractivity contribution is 7.86. The summed E-state index contributed by atoms with van der Waals surface area (Å²) in [5, 5.41) is 0. The summed E-state index contributed by atoms with van der Waals surface area (Å²) >= 11 is 0. The van der Waals surface area contributed by atoms with Crippen LogP contribution in [0.25, 0.3) is 4.85 Å². The van der Waals surface area contributed by atoms with Gasteiger partial charge in [-0.25, -0.2) is 9.83 Å². The van der Waals surface area contributed by atoms with Gasteiger partial charge in [0.15, 0.2) is 5.69 Å². The summed E-state index contributed by atoms with van der Waals surface area (Å²) in [5.74, 6) is 0. The van der Waals surface area contributed by atoms with Crippen molar-refractivity contribution in [3.8, 4) is 0 Å². The molecule has 3 heterocycles. The molecule has 0 radical (unpaired) electrons. The number of aromatic amines is 1. The summed E-state index contributed by atoms with van der Waals surface area (Å²) in [4.78, 5) is 13.2. The van der Waals surface area contributed by atoms with E-state index in [0.29, 0.717) is 44.7 Å². The molecular formula is C30H30N6O2S. The topological polar surface area (TPSA) is 76.9 Å². The third-order valence-electron chi connectivity index (χ3n) is 7.65. The third-order valence-corrected chi connectivity index (χ3v) is 9.63. The van der Waals surface area contributed by atoms with Gasteiger partial charge < -0.3 is 9.88 Å². The first-order valence-electron chi connectivity index (χ1n) is 13.1. The van der Waals surface area contributed by atoms with Crippen molar-refractivity contribution in [3.63, 3.8) is 0 Å². The van der Waals surface area contributed by atoms with Crippen molar-refractivity contribution >= 4 is 21.6 Å². The molecule has 0 saturated carbocycles. The summed E-state index contributed by atoms with van der Waals surface area (Å²) in [6, 6.07) is 23.4. The van der Waals surface area contributed by atoms with Crippen LogP contribution in [-0.4, -0.2) is 46.1 Å². The minimum Gasteiger partial charge on any atom is -0.364 e. The number of nitrogens with one attached hydrogen (secondary N) is 1. The molecule has 2 aliphatic heterocycles.